The molecule has 9 nitrogen and oxygen atoms in total. The number of likely N-dealkylation sites (N-methyl/N-ethyl adjacent to an activating group) is 1. The van der Waals surface area contributed by atoms with Crippen LogP contribution in [-0.2, 0) is 11.8 Å². The number of amides is 1. The van der Waals surface area contributed by atoms with Crippen molar-refractivity contribution in [1.82, 2.24) is 24.9 Å². The van der Waals surface area contributed by atoms with Crippen LogP contribution >= 0.6 is 0 Å². The Balaban J connectivity index is 1.73. The Kier molecular flexibility index (Phi) is 7.51. The Morgan fingerprint density at radius 2 is 2.13 bits per heavy atom. The number of aliphatic imine (C=N–C) groups is 1. The van der Waals surface area contributed by atoms with Crippen LogP contribution in [0, 0.1) is 0 Å². The van der Waals surface area contributed by atoms with Gasteiger partial charge in [-0.1, -0.05) is 13.8 Å². The summed E-state index contributed by atoms with van der Waals surface area (Å²) in [6.45, 7) is 11.1. The standard InChI is InChI=1S/C21H33N7O2/c1-5-22-21(23-14-18(26(6-2)7-3)19-9-8-12-30-19)27-10-11-28(20(29)16-27)17-13-24-25(4)15-17/h8-9,12-13,15,18H,5-7,10-11,14,16H2,1-4H3,(H,22,23). The molecule has 3 heterocycles. The van der Waals surface area contributed by atoms with E-state index in [1.807, 2.05) is 37.2 Å². The molecule has 164 valence electrons. The van der Waals surface area contributed by atoms with Crippen LogP contribution in [0.5, 0.6) is 0 Å². The second-order valence-corrected chi connectivity index (χ2v) is 7.29. The number of guanidine groups is 1. The highest BCUT2D eigenvalue weighted by molar-refractivity contribution is 5.98. The summed E-state index contributed by atoms with van der Waals surface area (Å²) in [6, 6.07) is 3.98. The largest absolute Gasteiger partial charge is 0.468 e. The number of aromatic nitrogens is 2. The predicted octanol–water partition coefficient (Wildman–Crippen LogP) is 1.71. The van der Waals surface area contributed by atoms with E-state index < -0.39 is 0 Å². The predicted molar refractivity (Wildman–Crippen MR) is 117 cm³/mol. The van der Waals surface area contributed by atoms with Gasteiger partial charge in [-0.15, -0.1) is 0 Å². The van der Waals surface area contributed by atoms with E-state index in [4.69, 9.17) is 9.41 Å². The lowest BCUT2D eigenvalue weighted by molar-refractivity contribution is -0.120. The fourth-order valence-corrected chi connectivity index (χ4v) is 3.80. The first-order chi connectivity index (χ1) is 14.6. The molecule has 0 spiro atoms. The number of anilines is 1. The van der Waals surface area contributed by atoms with Crippen molar-refractivity contribution in [3.63, 3.8) is 0 Å². The third kappa shape index (κ3) is 5.02. The molecule has 2 aromatic rings. The van der Waals surface area contributed by atoms with Crippen LogP contribution in [0.15, 0.2) is 40.2 Å². The lowest BCUT2D eigenvalue weighted by atomic mass is 10.2. The molecule has 0 saturated carbocycles. The molecule has 30 heavy (non-hydrogen) atoms. The highest BCUT2D eigenvalue weighted by Crippen LogP contribution is 2.22. The van der Waals surface area contributed by atoms with Gasteiger partial charge in [-0.2, -0.15) is 5.10 Å². The van der Waals surface area contributed by atoms with Crippen molar-refractivity contribution >= 4 is 17.6 Å². The summed E-state index contributed by atoms with van der Waals surface area (Å²) in [5.74, 6) is 1.72. The van der Waals surface area contributed by atoms with E-state index in [1.165, 1.54) is 0 Å². The van der Waals surface area contributed by atoms with Gasteiger partial charge < -0.3 is 19.5 Å². The number of nitrogens with zero attached hydrogens (tertiary/aromatic N) is 6. The van der Waals surface area contributed by atoms with E-state index >= 15 is 0 Å². The third-order valence-electron chi connectivity index (χ3n) is 5.40. The van der Waals surface area contributed by atoms with Gasteiger partial charge in [-0.25, -0.2) is 0 Å². The second kappa shape index (κ2) is 10.3. The van der Waals surface area contributed by atoms with Crippen LogP contribution in [-0.4, -0.2) is 77.3 Å². The van der Waals surface area contributed by atoms with Crippen molar-refractivity contribution < 1.29 is 9.21 Å². The molecule has 1 saturated heterocycles. The van der Waals surface area contributed by atoms with Gasteiger partial charge in [0.1, 0.15) is 12.3 Å². The highest BCUT2D eigenvalue weighted by atomic mass is 16.3. The van der Waals surface area contributed by atoms with E-state index in [2.05, 4.69) is 29.2 Å². The summed E-state index contributed by atoms with van der Waals surface area (Å²) in [5.41, 5.74) is 0.837. The van der Waals surface area contributed by atoms with Gasteiger partial charge in [-0.3, -0.25) is 19.4 Å². The van der Waals surface area contributed by atoms with Crippen LogP contribution in [0.2, 0.25) is 0 Å². The zero-order chi connectivity index (χ0) is 21.5. The smallest absolute Gasteiger partial charge is 0.246 e. The highest BCUT2D eigenvalue weighted by Gasteiger charge is 2.28. The normalized spacial score (nSPS) is 16.4. The summed E-state index contributed by atoms with van der Waals surface area (Å²) in [5, 5.41) is 7.52. The van der Waals surface area contributed by atoms with Crippen molar-refractivity contribution in [2.75, 3.05) is 50.7 Å². The maximum Gasteiger partial charge on any atom is 0.246 e. The Labute approximate surface area is 178 Å². The van der Waals surface area contributed by atoms with Crippen LogP contribution < -0.4 is 10.2 Å². The van der Waals surface area contributed by atoms with Crippen LogP contribution in [0.1, 0.15) is 32.6 Å². The molecule has 9 heteroatoms. The number of hydrogen-bond acceptors (Lipinski definition) is 5. The molecule has 1 amide bonds. The summed E-state index contributed by atoms with van der Waals surface area (Å²) >= 11 is 0. The molecule has 1 unspecified atom stereocenters. The monoisotopic (exact) mass is 415 g/mol. The Morgan fingerprint density at radius 1 is 1.33 bits per heavy atom. The molecular weight excluding hydrogens is 382 g/mol. The summed E-state index contributed by atoms with van der Waals surface area (Å²) in [7, 11) is 1.85. The first-order valence-electron chi connectivity index (χ1n) is 10.7. The number of nitrogens with one attached hydrogen (secondary N) is 1. The fourth-order valence-electron chi connectivity index (χ4n) is 3.80. The van der Waals surface area contributed by atoms with E-state index in [-0.39, 0.29) is 18.5 Å². The molecule has 0 bridgehead atoms. The van der Waals surface area contributed by atoms with Gasteiger partial charge in [0.05, 0.1) is 30.7 Å². The number of aryl methyl sites for hydroxylation is 1. The van der Waals surface area contributed by atoms with Crippen molar-refractivity contribution in [1.29, 1.82) is 0 Å². The maximum absolute atomic E-state index is 12.8. The maximum atomic E-state index is 12.8. The molecule has 1 aliphatic rings. The zero-order valence-corrected chi connectivity index (χ0v) is 18.4. The second-order valence-electron chi connectivity index (χ2n) is 7.29. The lowest BCUT2D eigenvalue weighted by Gasteiger charge is -2.35. The minimum Gasteiger partial charge on any atom is -0.468 e. The van der Waals surface area contributed by atoms with E-state index in [1.54, 1.807) is 22.0 Å². The molecular formula is C21H33N7O2. The number of carbonyl (C=O) groups excluding carboxylic acids is 1. The van der Waals surface area contributed by atoms with Crippen molar-refractivity contribution in [2.45, 2.75) is 26.8 Å². The molecule has 0 aromatic carbocycles. The van der Waals surface area contributed by atoms with Gasteiger partial charge in [-0.05, 0) is 32.1 Å². The van der Waals surface area contributed by atoms with Crippen molar-refractivity contribution in [2.24, 2.45) is 12.0 Å². The van der Waals surface area contributed by atoms with Crippen LogP contribution in [0.3, 0.4) is 0 Å². The van der Waals surface area contributed by atoms with Gasteiger partial charge >= 0.3 is 0 Å². The Bertz CT molecular complexity index is 826. The molecule has 1 fully saturated rings. The van der Waals surface area contributed by atoms with E-state index in [9.17, 15) is 4.79 Å². The molecule has 1 aliphatic heterocycles. The molecule has 0 aliphatic carbocycles. The summed E-state index contributed by atoms with van der Waals surface area (Å²) in [6.07, 6.45) is 5.30. The minimum atomic E-state index is 0.0474. The average Bonchev–Trinajstić information content (AvgIpc) is 3.42. The number of carbonyl (C=O) groups is 1. The first-order valence-corrected chi connectivity index (χ1v) is 10.7. The van der Waals surface area contributed by atoms with Gasteiger partial charge in [0.15, 0.2) is 5.96 Å². The number of piperazine rings is 1. The number of rotatable bonds is 8. The quantitative estimate of drug-likeness (QED) is 0.522. The Hall–Kier alpha value is -2.81. The zero-order valence-electron chi connectivity index (χ0n) is 18.4. The molecule has 0 radical (unpaired) electrons. The average molecular weight is 416 g/mol. The Morgan fingerprint density at radius 3 is 2.70 bits per heavy atom. The summed E-state index contributed by atoms with van der Waals surface area (Å²) < 4.78 is 7.40. The summed E-state index contributed by atoms with van der Waals surface area (Å²) in [4.78, 5) is 23.8. The third-order valence-corrected chi connectivity index (χ3v) is 5.40. The minimum absolute atomic E-state index is 0.0474. The van der Waals surface area contributed by atoms with Gasteiger partial charge in [0.2, 0.25) is 5.91 Å². The molecule has 2 aromatic heterocycles. The van der Waals surface area contributed by atoms with E-state index in [0.29, 0.717) is 19.6 Å². The molecule has 1 atom stereocenters. The lowest BCUT2D eigenvalue weighted by Crippen LogP contribution is -2.55. The van der Waals surface area contributed by atoms with E-state index in [0.717, 1.165) is 37.0 Å². The topological polar surface area (TPSA) is 82.1 Å². The van der Waals surface area contributed by atoms with Crippen LogP contribution in [0.4, 0.5) is 5.69 Å². The number of furan rings is 1. The molecule has 3 rings (SSSR count). The molecule has 1 N–H and O–H groups in total. The SMILES string of the molecule is CCNC(=NCC(c1ccco1)N(CC)CC)N1CCN(c2cnn(C)c2)C(=O)C1. The van der Waals surface area contributed by atoms with Gasteiger partial charge in [0, 0.05) is 32.9 Å². The van der Waals surface area contributed by atoms with Gasteiger partial charge in [0.25, 0.3) is 0 Å². The van der Waals surface area contributed by atoms with Crippen molar-refractivity contribution in [3.8, 4) is 0 Å². The fraction of sp³-hybridized carbons (Fsp3) is 0.571. The first kappa shape index (κ1) is 21.9. The number of hydrogen-bond donors (Lipinski definition) is 1. The van der Waals surface area contributed by atoms with Crippen molar-refractivity contribution in [3.05, 3.63) is 36.5 Å². The van der Waals surface area contributed by atoms with Crippen LogP contribution in [0.25, 0.3) is 0 Å².